The van der Waals surface area contributed by atoms with E-state index >= 15 is 0 Å². The van der Waals surface area contributed by atoms with Crippen LogP contribution in [0.5, 0.6) is 0 Å². The van der Waals surface area contributed by atoms with Crippen molar-refractivity contribution in [1.82, 2.24) is 19.9 Å². The minimum Gasteiger partial charge on any atom is -0.450 e. The number of H-pyrrole nitrogens is 2. The molecule has 0 aliphatic carbocycles. The van der Waals surface area contributed by atoms with Crippen molar-refractivity contribution >= 4 is 44.4 Å². The van der Waals surface area contributed by atoms with Crippen molar-refractivity contribution in [3.63, 3.8) is 0 Å². The third-order valence-electron chi connectivity index (χ3n) is 7.20. The lowest BCUT2D eigenvalue weighted by Gasteiger charge is -2.35. The molecule has 1 amide bonds. The van der Waals surface area contributed by atoms with Crippen molar-refractivity contribution in [3.05, 3.63) is 74.1 Å². The highest BCUT2D eigenvalue weighted by atomic mass is 79.9. The van der Waals surface area contributed by atoms with Crippen molar-refractivity contribution in [2.45, 2.75) is 26.9 Å². The predicted molar refractivity (Wildman–Crippen MR) is 160 cm³/mol. The third-order valence-corrected chi connectivity index (χ3v) is 8.05. The molecule has 0 saturated carbocycles. The van der Waals surface area contributed by atoms with E-state index in [0.29, 0.717) is 49.9 Å². The zero-order chi connectivity index (χ0) is 28.4. The largest absolute Gasteiger partial charge is 0.450 e. The van der Waals surface area contributed by atoms with Gasteiger partial charge in [-0.2, -0.15) is 0 Å². The smallest absolute Gasteiger partial charge is 0.409 e. The molecular weight excluding hydrogens is 576 g/mol. The number of pyridine rings is 1. The van der Waals surface area contributed by atoms with Crippen LogP contribution in [0.1, 0.15) is 29.7 Å². The first kappa shape index (κ1) is 27.7. The van der Waals surface area contributed by atoms with Gasteiger partial charge in [-0.05, 0) is 61.7 Å². The second-order valence-electron chi connectivity index (χ2n) is 9.92. The van der Waals surface area contributed by atoms with E-state index in [1.807, 2.05) is 38.1 Å². The second kappa shape index (κ2) is 11.7. The van der Waals surface area contributed by atoms with Crippen LogP contribution in [0.4, 0.5) is 16.2 Å². The van der Waals surface area contributed by atoms with Gasteiger partial charge >= 0.3 is 6.09 Å². The summed E-state index contributed by atoms with van der Waals surface area (Å²) in [6.07, 6.45) is 0.530. The van der Waals surface area contributed by atoms with Gasteiger partial charge in [0.15, 0.2) is 0 Å². The molecule has 3 heterocycles. The fourth-order valence-corrected chi connectivity index (χ4v) is 5.33. The molecule has 40 heavy (non-hydrogen) atoms. The van der Waals surface area contributed by atoms with E-state index in [0.717, 1.165) is 37.9 Å². The monoisotopic (exact) mass is 608 g/mol. The number of aromatic nitrogens is 3. The molecular formula is C29H33BrN6O4. The second-order valence-corrected chi connectivity index (χ2v) is 10.8. The summed E-state index contributed by atoms with van der Waals surface area (Å²) < 4.78 is 6.06. The molecule has 1 unspecified atom stereocenters. The third kappa shape index (κ3) is 5.71. The number of rotatable bonds is 7. The molecule has 11 heteroatoms. The predicted octanol–water partition coefficient (Wildman–Crippen LogP) is 4.72. The zero-order valence-electron chi connectivity index (χ0n) is 22.8. The Bertz CT molecular complexity index is 1590. The van der Waals surface area contributed by atoms with Crippen molar-refractivity contribution in [2.75, 3.05) is 49.5 Å². The van der Waals surface area contributed by atoms with Gasteiger partial charge in [-0.15, -0.1) is 0 Å². The van der Waals surface area contributed by atoms with E-state index in [1.165, 1.54) is 0 Å². The number of ether oxygens (including phenoxy) is 1. The number of piperazine rings is 1. The first-order chi connectivity index (χ1) is 19.2. The Balaban J connectivity index is 1.37. The van der Waals surface area contributed by atoms with Crippen molar-refractivity contribution in [3.8, 4) is 11.4 Å². The summed E-state index contributed by atoms with van der Waals surface area (Å²) in [5, 5.41) is 14.0. The Hall–Kier alpha value is -3.83. The molecule has 0 bridgehead atoms. The number of imidazole rings is 1. The zero-order valence-corrected chi connectivity index (χ0v) is 24.3. The first-order valence-electron chi connectivity index (χ1n) is 13.3. The maximum absolute atomic E-state index is 13.0. The van der Waals surface area contributed by atoms with Crippen LogP contribution < -0.4 is 15.8 Å². The number of aromatic amines is 2. The summed E-state index contributed by atoms with van der Waals surface area (Å²) in [5.41, 5.74) is 6.11. The van der Waals surface area contributed by atoms with Gasteiger partial charge in [-0.3, -0.25) is 4.79 Å². The van der Waals surface area contributed by atoms with E-state index in [9.17, 15) is 14.7 Å². The summed E-state index contributed by atoms with van der Waals surface area (Å²) in [7, 11) is 0. The summed E-state index contributed by atoms with van der Waals surface area (Å²) >= 11 is 3.52. The number of benzene rings is 2. The van der Waals surface area contributed by atoms with Gasteiger partial charge in [0.2, 0.25) is 0 Å². The van der Waals surface area contributed by atoms with Crippen LogP contribution in [0.2, 0.25) is 0 Å². The fraction of sp³-hybridized carbons (Fsp3) is 0.345. The molecule has 2 aromatic heterocycles. The molecule has 4 aromatic rings. The molecule has 10 nitrogen and oxygen atoms in total. The number of carbonyl (C=O) groups is 1. The lowest BCUT2D eigenvalue weighted by atomic mass is 10.1. The van der Waals surface area contributed by atoms with Gasteiger partial charge in [-0.25, -0.2) is 9.78 Å². The lowest BCUT2D eigenvalue weighted by Crippen LogP contribution is -2.49. The number of anilines is 2. The van der Waals surface area contributed by atoms with Crippen LogP contribution >= 0.6 is 15.9 Å². The summed E-state index contributed by atoms with van der Waals surface area (Å²) in [4.78, 5) is 39.9. The molecule has 1 aliphatic heterocycles. The van der Waals surface area contributed by atoms with Crippen LogP contribution in [0, 0.1) is 13.8 Å². The average molecular weight is 610 g/mol. The molecule has 2 aromatic carbocycles. The molecule has 4 N–H and O–H groups in total. The molecule has 1 saturated heterocycles. The van der Waals surface area contributed by atoms with E-state index < -0.39 is 6.10 Å². The van der Waals surface area contributed by atoms with Crippen molar-refractivity contribution < 1.29 is 14.6 Å². The lowest BCUT2D eigenvalue weighted by molar-refractivity contribution is 0.105. The molecule has 1 atom stereocenters. The minimum absolute atomic E-state index is 0.215. The highest BCUT2D eigenvalue weighted by molar-refractivity contribution is 9.10. The number of amides is 1. The van der Waals surface area contributed by atoms with Gasteiger partial charge in [-0.1, -0.05) is 28.1 Å². The quantitative estimate of drug-likeness (QED) is 0.239. The first-order valence-corrected chi connectivity index (χ1v) is 14.1. The van der Waals surface area contributed by atoms with E-state index in [2.05, 4.69) is 42.2 Å². The molecule has 210 valence electrons. The van der Waals surface area contributed by atoms with Gasteiger partial charge in [0, 0.05) is 49.1 Å². The Morgan fingerprint density at radius 1 is 1.15 bits per heavy atom. The number of aliphatic hydroxyl groups is 1. The number of hydrogen-bond donors (Lipinski definition) is 4. The highest BCUT2D eigenvalue weighted by Crippen LogP contribution is 2.30. The number of carbonyl (C=O) groups excluding carboxylic acids is 1. The molecule has 0 radical (unpaired) electrons. The van der Waals surface area contributed by atoms with Gasteiger partial charge in [0.05, 0.1) is 29.4 Å². The van der Waals surface area contributed by atoms with Gasteiger partial charge < -0.3 is 34.9 Å². The standard InChI is InChI=1S/C29H33BrN6O4/c1-4-40-29(39)36-11-9-35(10-12-36)20-13-18(3)26-23(15-20)33-27(34-26)25-22(7-8-31-28(25)38)32-16-24(37)19-6-5-17(2)21(30)14-19/h5-8,13-15,24,37H,4,9-12,16H2,1-3H3,(H,33,34)(H2,31,32,38). The maximum atomic E-state index is 13.0. The minimum atomic E-state index is -0.770. The van der Waals surface area contributed by atoms with E-state index in [1.54, 1.807) is 24.1 Å². The van der Waals surface area contributed by atoms with Crippen molar-refractivity contribution in [1.29, 1.82) is 0 Å². The number of hydrogen-bond acceptors (Lipinski definition) is 7. The molecule has 0 spiro atoms. The van der Waals surface area contributed by atoms with Crippen LogP contribution in [0.3, 0.4) is 0 Å². The summed E-state index contributed by atoms with van der Waals surface area (Å²) in [6, 6.07) is 11.6. The summed E-state index contributed by atoms with van der Waals surface area (Å²) in [5.74, 6) is 0.444. The van der Waals surface area contributed by atoms with E-state index in [4.69, 9.17) is 9.72 Å². The van der Waals surface area contributed by atoms with Crippen LogP contribution in [0.25, 0.3) is 22.4 Å². The van der Waals surface area contributed by atoms with Gasteiger partial charge in [0.25, 0.3) is 5.56 Å². The Morgan fingerprint density at radius 3 is 2.65 bits per heavy atom. The topological polar surface area (TPSA) is 127 Å². The maximum Gasteiger partial charge on any atom is 0.409 e. The average Bonchev–Trinajstić information content (AvgIpc) is 3.38. The number of halogens is 1. The highest BCUT2D eigenvalue weighted by Gasteiger charge is 2.23. The molecule has 5 rings (SSSR count). The van der Waals surface area contributed by atoms with Crippen LogP contribution in [-0.2, 0) is 4.74 Å². The SMILES string of the molecule is CCOC(=O)N1CCN(c2cc(C)c3nc(-c4c(NCC(O)c5ccc(C)c(Br)c5)cc[nH]c4=O)[nH]c3c2)CC1. The Labute approximate surface area is 240 Å². The number of nitrogens with zero attached hydrogens (tertiary/aromatic N) is 3. The summed E-state index contributed by atoms with van der Waals surface area (Å²) in [6.45, 7) is 8.93. The number of aryl methyl sites for hydroxylation is 2. The normalized spacial score (nSPS) is 14.4. The fourth-order valence-electron chi connectivity index (χ4n) is 4.94. The molecule has 1 aliphatic rings. The van der Waals surface area contributed by atoms with Crippen molar-refractivity contribution in [2.24, 2.45) is 0 Å². The Kier molecular flexibility index (Phi) is 8.13. The van der Waals surface area contributed by atoms with Gasteiger partial charge in [0.1, 0.15) is 11.4 Å². The van der Waals surface area contributed by atoms with Crippen LogP contribution in [-0.4, -0.2) is 70.4 Å². The number of aliphatic hydroxyl groups excluding tert-OH is 1. The Morgan fingerprint density at radius 2 is 1.93 bits per heavy atom. The van der Waals surface area contributed by atoms with E-state index in [-0.39, 0.29) is 18.2 Å². The number of fused-ring (bicyclic) bond motifs is 1. The van der Waals surface area contributed by atoms with Crippen LogP contribution in [0.15, 0.2) is 51.9 Å². The number of nitrogens with one attached hydrogen (secondary N) is 3. The molecule has 1 fully saturated rings.